The molecule has 1 N–H and O–H groups in total. The van der Waals surface area contributed by atoms with Gasteiger partial charge in [-0.15, -0.1) is 0 Å². The third-order valence-corrected chi connectivity index (χ3v) is 4.00. The molecule has 1 atom stereocenters. The van der Waals surface area contributed by atoms with E-state index in [0.29, 0.717) is 11.5 Å². The van der Waals surface area contributed by atoms with Crippen LogP contribution < -0.4 is 10.1 Å². The number of ether oxygens (including phenoxy) is 2. The molecule has 9 nitrogen and oxygen atoms in total. The van der Waals surface area contributed by atoms with E-state index in [1.807, 2.05) is 18.2 Å². The number of hydrogen-bond donors (Lipinski definition) is 1. The fourth-order valence-electron chi connectivity index (χ4n) is 2.48. The monoisotopic (exact) mass is 410 g/mol. The molecule has 1 aromatic heterocycles. The number of para-hydroxylation sites is 3. The van der Waals surface area contributed by atoms with Crippen LogP contribution in [0.25, 0.3) is 0 Å². The van der Waals surface area contributed by atoms with E-state index in [1.54, 1.807) is 24.3 Å². The van der Waals surface area contributed by atoms with Crippen molar-refractivity contribution < 1.29 is 28.4 Å². The van der Waals surface area contributed by atoms with E-state index >= 15 is 0 Å². The number of hydrogen-bond acceptors (Lipinski definition) is 7. The van der Waals surface area contributed by atoms with Crippen LogP contribution in [0.1, 0.15) is 23.2 Å². The van der Waals surface area contributed by atoms with Crippen LogP contribution in [0, 0.1) is 10.1 Å². The Balaban J connectivity index is 1.56. The Labute approximate surface area is 171 Å². The van der Waals surface area contributed by atoms with E-state index in [-0.39, 0.29) is 23.7 Å². The van der Waals surface area contributed by atoms with Crippen LogP contribution in [0.3, 0.4) is 0 Å². The summed E-state index contributed by atoms with van der Waals surface area (Å²) in [6.45, 7) is 1.47. The molecule has 0 aliphatic carbocycles. The summed E-state index contributed by atoms with van der Waals surface area (Å²) in [7, 11) is 0. The average molecular weight is 410 g/mol. The second kappa shape index (κ2) is 9.37. The highest BCUT2D eigenvalue weighted by molar-refractivity contribution is 5.98. The molecule has 3 rings (SSSR count). The highest BCUT2D eigenvalue weighted by Crippen LogP contribution is 2.23. The molecule has 0 unspecified atom stereocenters. The van der Waals surface area contributed by atoms with Gasteiger partial charge >= 0.3 is 5.97 Å². The Morgan fingerprint density at radius 1 is 1.07 bits per heavy atom. The normalized spacial score (nSPS) is 11.4. The minimum absolute atomic E-state index is 0.00810. The van der Waals surface area contributed by atoms with Crippen molar-refractivity contribution in [3.63, 3.8) is 0 Å². The summed E-state index contributed by atoms with van der Waals surface area (Å²) in [5, 5.41) is 13.4. The van der Waals surface area contributed by atoms with Crippen molar-refractivity contribution in [2.24, 2.45) is 0 Å². The van der Waals surface area contributed by atoms with Crippen molar-refractivity contribution in [1.82, 2.24) is 0 Å². The number of benzene rings is 2. The molecule has 0 radical (unpaired) electrons. The minimum Gasteiger partial charge on any atom is -0.486 e. The van der Waals surface area contributed by atoms with E-state index in [2.05, 4.69) is 5.32 Å². The lowest BCUT2D eigenvalue weighted by Crippen LogP contribution is -2.30. The maximum absolute atomic E-state index is 12.3. The second-order valence-electron chi connectivity index (χ2n) is 6.18. The highest BCUT2D eigenvalue weighted by Gasteiger charge is 2.23. The summed E-state index contributed by atoms with van der Waals surface area (Å²) in [6.07, 6.45) is -1.20. The summed E-state index contributed by atoms with van der Waals surface area (Å²) in [4.78, 5) is 34.9. The number of carbonyl (C=O) groups excluding carboxylic acids is 2. The molecule has 2 aromatic carbocycles. The number of nitro groups is 1. The lowest BCUT2D eigenvalue weighted by molar-refractivity contribution is -0.383. The smallest absolute Gasteiger partial charge is 0.375 e. The maximum atomic E-state index is 12.3. The third kappa shape index (κ3) is 5.22. The molecule has 0 bridgehead atoms. The van der Waals surface area contributed by atoms with Crippen molar-refractivity contribution in [3.05, 3.63) is 88.4 Å². The van der Waals surface area contributed by atoms with Crippen LogP contribution in [0.4, 0.5) is 11.4 Å². The molecule has 1 amide bonds. The number of esters is 1. The fourth-order valence-corrected chi connectivity index (χ4v) is 2.48. The molecule has 0 aliphatic rings. The topological polar surface area (TPSA) is 121 Å². The van der Waals surface area contributed by atoms with Crippen molar-refractivity contribution in [1.29, 1.82) is 0 Å². The van der Waals surface area contributed by atoms with Crippen molar-refractivity contribution in [2.45, 2.75) is 19.6 Å². The van der Waals surface area contributed by atoms with E-state index in [9.17, 15) is 19.7 Å². The lowest BCUT2D eigenvalue weighted by Gasteiger charge is -2.12. The number of amides is 1. The number of carbonyl (C=O) groups is 2. The molecule has 0 saturated heterocycles. The van der Waals surface area contributed by atoms with E-state index in [0.717, 1.165) is 0 Å². The predicted molar refractivity (Wildman–Crippen MR) is 106 cm³/mol. The summed E-state index contributed by atoms with van der Waals surface area (Å²) in [5.41, 5.74) is -0.257. The van der Waals surface area contributed by atoms with Crippen LogP contribution >= 0.6 is 0 Å². The number of nitrogens with one attached hydrogen (secondary N) is 1. The molecule has 30 heavy (non-hydrogen) atoms. The van der Waals surface area contributed by atoms with Gasteiger partial charge in [0.1, 0.15) is 23.8 Å². The first kappa shape index (κ1) is 20.6. The van der Waals surface area contributed by atoms with E-state index < -0.39 is 22.9 Å². The molecule has 0 saturated carbocycles. The zero-order valence-corrected chi connectivity index (χ0v) is 15.9. The minimum atomic E-state index is -1.20. The van der Waals surface area contributed by atoms with Crippen molar-refractivity contribution in [3.8, 4) is 5.75 Å². The van der Waals surface area contributed by atoms with Crippen LogP contribution in [-0.2, 0) is 16.1 Å². The number of nitrogens with zero attached hydrogens (tertiary/aromatic N) is 1. The van der Waals surface area contributed by atoms with Gasteiger partial charge in [-0.3, -0.25) is 14.9 Å². The zero-order chi connectivity index (χ0) is 21.5. The van der Waals surface area contributed by atoms with E-state index in [4.69, 9.17) is 13.9 Å². The average Bonchev–Trinajstić information content (AvgIpc) is 3.22. The van der Waals surface area contributed by atoms with Crippen LogP contribution in [-0.4, -0.2) is 22.9 Å². The first-order valence-electron chi connectivity index (χ1n) is 8.96. The molecule has 0 spiro atoms. The quantitative estimate of drug-likeness (QED) is 0.339. The van der Waals surface area contributed by atoms with Gasteiger partial charge in [-0.25, -0.2) is 4.79 Å². The van der Waals surface area contributed by atoms with Gasteiger partial charge in [-0.1, -0.05) is 30.3 Å². The molecular formula is C21H18N2O7. The zero-order valence-electron chi connectivity index (χ0n) is 15.9. The molecule has 0 fully saturated rings. The first-order chi connectivity index (χ1) is 14.4. The fraction of sp³-hybridized carbons (Fsp3) is 0.143. The van der Waals surface area contributed by atoms with Crippen LogP contribution in [0.5, 0.6) is 5.75 Å². The summed E-state index contributed by atoms with van der Waals surface area (Å²) < 4.78 is 16.0. The van der Waals surface area contributed by atoms with Gasteiger partial charge in [0.05, 0.1) is 4.92 Å². The first-order valence-corrected chi connectivity index (χ1v) is 8.96. The second-order valence-corrected chi connectivity index (χ2v) is 6.18. The highest BCUT2D eigenvalue weighted by atomic mass is 16.6. The number of furan rings is 1. The van der Waals surface area contributed by atoms with Crippen molar-refractivity contribution >= 4 is 23.3 Å². The van der Waals surface area contributed by atoms with Crippen LogP contribution in [0.2, 0.25) is 0 Å². The Morgan fingerprint density at radius 3 is 2.50 bits per heavy atom. The maximum Gasteiger partial charge on any atom is 0.375 e. The molecule has 154 valence electrons. The molecule has 1 heterocycles. The van der Waals surface area contributed by atoms with Gasteiger partial charge in [-0.05, 0) is 37.3 Å². The summed E-state index contributed by atoms with van der Waals surface area (Å²) in [5.74, 6) is -0.587. The molecule has 9 heteroatoms. The lowest BCUT2D eigenvalue weighted by atomic mass is 10.2. The number of anilines is 1. The standard InChI is InChI=1S/C21H18N2O7/c1-14(20(24)22-17-9-5-6-10-18(17)23(26)27)29-21(25)19-12-11-16(30-19)13-28-15-7-3-2-4-8-15/h2-12,14H,13H2,1H3,(H,22,24)/t14-/m0/s1. The summed E-state index contributed by atoms with van der Waals surface area (Å²) in [6, 6.07) is 17.7. The Kier molecular flexibility index (Phi) is 6.43. The number of rotatable bonds is 8. The van der Waals surface area contributed by atoms with Crippen LogP contribution in [0.15, 0.2) is 71.1 Å². The van der Waals surface area contributed by atoms with Gasteiger partial charge < -0.3 is 19.2 Å². The van der Waals surface area contributed by atoms with Crippen molar-refractivity contribution in [2.75, 3.05) is 5.32 Å². The van der Waals surface area contributed by atoms with Gasteiger partial charge in [0, 0.05) is 6.07 Å². The summed E-state index contributed by atoms with van der Waals surface area (Å²) >= 11 is 0. The van der Waals surface area contributed by atoms with Gasteiger partial charge in [0.2, 0.25) is 5.76 Å². The largest absolute Gasteiger partial charge is 0.486 e. The van der Waals surface area contributed by atoms with Gasteiger partial charge in [0.25, 0.3) is 11.6 Å². The SMILES string of the molecule is C[C@H](OC(=O)c1ccc(COc2ccccc2)o1)C(=O)Nc1ccccc1[N+](=O)[O-]. The number of nitro benzene ring substituents is 1. The predicted octanol–water partition coefficient (Wildman–Crippen LogP) is 3.95. The molecular weight excluding hydrogens is 392 g/mol. The Morgan fingerprint density at radius 2 is 1.77 bits per heavy atom. The molecule has 0 aliphatic heterocycles. The van der Waals surface area contributed by atoms with Gasteiger partial charge in [-0.2, -0.15) is 0 Å². The Hall–Kier alpha value is -4.14. The third-order valence-electron chi connectivity index (χ3n) is 4.00. The molecule has 3 aromatic rings. The van der Waals surface area contributed by atoms with E-state index in [1.165, 1.54) is 31.2 Å². The van der Waals surface area contributed by atoms with Gasteiger partial charge in [0.15, 0.2) is 6.10 Å². The Bertz CT molecular complexity index is 1050.